The monoisotopic (exact) mass is 231 g/mol. The van der Waals surface area contributed by atoms with E-state index in [2.05, 4.69) is 21.4 Å². The zero-order chi connectivity index (χ0) is 11.7. The molecular formula is C13H17N3O. The van der Waals surface area contributed by atoms with Crippen LogP contribution in [0.4, 0.5) is 0 Å². The largest absolute Gasteiger partial charge is 0.489 e. The van der Waals surface area contributed by atoms with Gasteiger partial charge in [-0.05, 0) is 38.9 Å². The van der Waals surface area contributed by atoms with Crippen molar-refractivity contribution in [2.45, 2.75) is 32.4 Å². The van der Waals surface area contributed by atoms with Gasteiger partial charge in [-0.25, -0.2) is 0 Å². The van der Waals surface area contributed by atoms with Gasteiger partial charge in [0, 0.05) is 11.3 Å². The van der Waals surface area contributed by atoms with E-state index in [-0.39, 0.29) is 0 Å². The first-order valence-corrected chi connectivity index (χ1v) is 6.20. The fraction of sp³-hybridized carbons (Fsp3) is 0.538. The van der Waals surface area contributed by atoms with Crippen LogP contribution in [0.15, 0.2) is 17.3 Å². The standard InChI is InChI=1S/C13H17N3O/c1-9-12-6-11(7-16-13(12)8-15-9)17-10-2-4-14-5-3-10/h6-7,10,14H,2-5,8H2,1H3. The predicted molar refractivity (Wildman–Crippen MR) is 66.7 cm³/mol. The van der Waals surface area contributed by atoms with Gasteiger partial charge in [-0.15, -0.1) is 0 Å². The van der Waals surface area contributed by atoms with Crippen LogP contribution in [-0.2, 0) is 6.54 Å². The van der Waals surface area contributed by atoms with Gasteiger partial charge >= 0.3 is 0 Å². The Morgan fingerprint density at radius 2 is 2.18 bits per heavy atom. The molecule has 0 aromatic carbocycles. The molecule has 4 nitrogen and oxygen atoms in total. The summed E-state index contributed by atoms with van der Waals surface area (Å²) in [5.41, 5.74) is 3.29. The Hall–Kier alpha value is -1.42. The highest BCUT2D eigenvalue weighted by Gasteiger charge is 2.18. The maximum absolute atomic E-state index is 5.97. The number of pyridine rings is 1. The summed E-state index contributed by atoms with van der Waals surface area (Å²) in [5, 5.41) is 3.33. The number of nitrogens with one attached hydrogen (secondary N) is 1. The minimum absolute atomic E-state index is 0.328. The van der Waals surface area contributed by atoms with Crippen LogP contribution in [0.2, 0.25) is 0 Å². The molecule has 2 aliphatic heterocycles. The Bertz CT molecular complexity index is 450. The molecule has 90 valence electrons. The topological polar surface area (TPSA) is 46.5 Å². The highest BCUT2D eigenvalue weighted by molar-refractivity contribution is 6.01. The van der Waals surface area contributed by atoms with E-state index in [0.717, 1.165) is 55.2 Å². The van der Waals surface area contributed by atoms with Crippen LogP contribution in [0, 0.1) is 0 Å². The van der Waals surface area contributed by atoms with Crippen LogP contribution in [0.25, 0.3) is 0 Å². The summed E-state index contributed by atoms with van der Waals surface area (Å²) < 4.78 is 5.97. The highest BCUT2D eigenvalue weighted by atomic mass is 16.5. The number of nitrogens with zero attached hydrogens (tertiary/aromatic N) is 2. The molecule has 0 amide bonds. The molecule has 2 aliphatic rings. The normalized spacial score (nSPS) is 19.9. The molecule has 0 unspecified atom stereocenters. The Morgan fingerprint density at radius 1 is 1.35 bits per heavy atom. The van der Waals surface area contributed by atoms with Crippen LogP contribution in [0.1, 0.15) is 31.0 Å². The number of hydrogen-bond donors (Lipinski definition) is 1. The van der Waals surface area contributed by atoms with Crippen LogP contribution >= 0.6 is 0 Å². The number of aliphatic imine (C=N–C) groups is 1. The Balaban J connectivity index is 1.75. The van der Waals surface area contributed by atoms with E-state index in [0.29, 0.717) is 6.10 Å². The number of aromatic nitrogens is 1. The lowest BCUT2D eigenvalue weighted by molar-refractivity contribution is 0.162. The molecule has 0 aliphatic carbocycles. The van der Waals surface area contributed by atoms with Crippen molar-refractivity contribution in [3.63, 3.8) is 0 Å². The zero-order valence-corrected chi connectivity index (χ0v) is 10.1. The first-order valence-electron chi connectivity index (χ1n) is 6.20. The number of ether oxygens (including phenoxy) is 1. The molecule has 1 aromatic rings. The quantitative estimate of drug-likeness (QED) is 0.839. The van der Waals surface area contributed by atoms with Crippen LogP contribution in [-0.4, -0.2) is 29.9 Å². The lowest BCUT2D eigenvalue weighted by Crippen LogP contribution is -2.34. The maximum Gasteiger partial charge on any atom is 0.138 e. The van der Waals surface area contributed by atoms with Gasteiger partial charge in [-0.3, -0.25) is 9.98 Å². The average Bonchev–Trinajstić information content (AvgIpc) is 2.73. The zero-order valence-electron chi connectivity index (χ0n) is 10.1. The van der Waals surface area contributed by atoms with E-state index in [1.807, 2.05) is 13.1 Å². The molecule has 0 atom stereocenters. The summed E-state index contributed by atoms with van der Waals surface area (Å²) in [4.78, 5) is 8.80. The van der Waals surface area contributed by atoms with Crippen molar-refractivity contribution in [1.29, 1.82) is 0 Å². The Morgan fingerprint density at radius 3 is 3.00 bits per heavy atom. The van der Waals surface area contributed by atoms with E-state index in [9.17, 15) is 0 Å². The van der Waals surface area contributed by atoms with Crippen molar-refractivity contribution in [3.05, 3.63) is 23.5 Å². The van der Waals surface area contributed by atoms with E-state index in [4.69, 9.17) is 4.74 Å². The van der Waals surface area contributed by atoms with Crippen LogP contribution < -0.4 is 10.1 Å². The maximum atomic E-state index is 5.97. The van der Waals surface area contributed by atoms with Gasteiger partial charge in [0.1, 0.15) is 11.9 Å². The molecule has 1 saturated heterocycles. The summed E-state index contributed by atoms with van der Waals surface area (Å²) in [5.74, 6) is 0.882. The van der Waals surface area contributed by atoms with E-state index < -0.39 is 0 Å². The third kappa shape index (κ3) is 2.17. The second kappa shape index (κ2) is 4.45. The number of piperidine rings is 1. The van der Waals surface area contributed by atoms with Crippen LogP contribution in [0.3, 0.4) is 0 Å². The molecule has 0 radical (unpaired) electrons. The number of rotatable bonds is 2. The third-order valence-electron chi connectivity index (χ3n) is 3.39. The minimum atomic E-state index is 0.328. The van der Waals surface area contributed by atoms with Crippen LogP contribution in [0.5, 0.6) is 5.75 Å². The molecule has 1 fully saturated rings. The first kappa shape index (κ1) is 10.7. The fourth-order valence-corrected chi connectivity index (χ4v) is 2.36. The van der Waals surface area contributed by atoms with Crippen molar-refractivity contribution in [1.82, 2.24) is 10.3 Å². The SMILES string of the molecule is CC1=NCc2ncc(OC3CCNCC3)cc21. The summed E-state index contributed by atoms with van der Waals surface area (Å²) in [7, 11) is 0. The van der Waals surface area contributed by atoms with Crippen molar-refractivity contribution < 1.29 is 4.74 Å². The van der Waals surface area contributed by atoms with Crippen molar-refractivity contribution in [2.24, 2.45) is 4.99 Å². The molecule has 3 heterocycles. The molecule has 1 aromatic heterocycles. The first-order chi connectivity index (χ1) is 8.33. The second-order valence-corrected chi connectivity index (χ2v) is 4.63. The molecule has 1 N–H and O–H groups in total. The lowest BCUT2D eigenvalue weighted by Gasteiger charge is -2.23. The highest BCUT2D eigenvalue weighted by Crippen LogP contribution is 2.23. The van der Waals surface area contributed by atoms with Gasteiger partial charge in [0.2, 0.25) is 0 Å². The van der Waals surface area contributed by atoms with E-state index in [1.165, 1.54) is 0 Å². The van der Waals surface area contributed by atoms with Gasteiger partial charge in [0.15, 0.2) is 0 Å². The summed E-state index contributed by atoms with van der Waals surface area (Å²) in [6.07, 6.45) is 4.30. The molecular weight excluding hydrogens is 214 g/mol. The predicted octanol–water partition coefficient (Wildman–Crippen LogP) is 1.54. The molecule has 0 bridgehead atoms. The van der Waals surface area contributed by atoms with Crippen molar-refractivity contribution in [2.75, 3.05) is 13.1 Å². The lowest BCUT2D eigenvalue weighted by atomic mass is 10.1. The van der Waals surface area contributed by atoms with E-state index in [1.54, 1.807) is 0 Å². The summed E-state index contributed by atoms with van der Waals surface area (Å²) in [6.45, 7) is 4.84. The van der Waals surface area contributed by atoms with Crippen molar-refractivity contribution >= 4 is 5.71 Å². The van der Waals surface area contributed by atoms with Gasteiger partial charge in [0.25, 0.3) is 0 Å². The van der Waals surface area contributed by atoms with Gasteiger partial charge in [-0.2, -0.15) is 0 Å². The van der Waals surface area contributed by atoms with E-state index >= 15 is 0 Å². The minimum Gasteiger partial charge on any atom is -0.489 e. The third-order valence-corrected chi connectivity index (χ3v) is 3.39. The van der Waals surface area contributed by atoms with Gasteiger partial charge < -0.3 is 10.1 Å². The fourth-order valence-electron chi connectivity index (χ4n) is 2.36. The molecule has 3 rings (SSSR count). The number of hydrogen-bond acceptors (Lipinski definition) is 4. The van der Waals surface area contributed by atoms with Gasteiger partial charge in [-0.1, -0.05) is 0 Å². The van der Waals surface area contributed by atoms with Crippen molar-refractivity contribution in [3.8, 4) is 5.75 Å². The number of fused-ring (bicyclic) bond motifs is 1. The summed E-state index contributed by atoms with van der Waals surface area (Å²) in [6, 6.07) is 2.08. The molecule has 0 spiro atoms. The average molecular weight is 231 g/mol. The summed E-state index contributed by atoms with van der Waals surface area (Å²) >= 11 is 0. The Labute approximate surface area is 101 Å². The molecule has 0 saturated carbocycles. The Kier molecular flexibility index (Phi) is 2.81. The smallest absolute Gasteiger partial charge is 0.138 e. The second-order valence-electron chi connectivity index (χ2n) is 4.63. The molecule has 4 heteroatoms. The van der Waals surface area contributed by atoms with Gasteiger partial charge in [0.05, 0.1) is 18.4 Å². The molecule has 17 heavy (non-hydrogen) atoms.